The Bertz CT molecular complexity index is 424. The summed E-state index contributed by atoms with van der Waals surface area (Å²) in [6.07, 6.45) is 1.17. The minimum absolute atomic E-state index is 0.0718. The molecule has 0 radical (unpaired) electrons. The molecule has 0 spiro atoms. The number of allylic oxidation sites excluding steroid dienone is 2. The van der Waals surface area contributed by atoms with Gasteiger partial charge in [0.05, 0.1) is 6.10 Å². The molecule has 3 unspecified atom stereocenters. The summed E-state index contributed by atoms with van der Waals surface area (Å²) in [6, 6.07) is 0. The second-order valence-electron chi connectivity index (χ2n) is 4.01. The quantitative estimate of drug-likeness (QED) is 0.709. The van der Waals surface area contributed by atoms with Crippen LogP contribution in [0.4, 0.5) is 0 Å². The molecule has 1 aliphatic carbocycles. The molecule has 0 aromatic heterocycles. The Labute approximate surface area is 103 Å². The molecule has 0 bridgehead atoms. The molecule has 3 N–H and O–H groups in total. The number of aliphatic hydroxyl groups is 1. The second kappa shape index (κ2) is 4.50. The van der Waals surface area contributed by atoms with Gasteiger partial charge in [-0.3, -0.25) is 4.79 Å². The summed E-state index contributed by atoms with van der Waals surface area (Å²) in [5, 5.41) is 27.9. The first-order valence-electron chi connectivity index (χ1n) is 4.98. The summed E-state index contributed by atoms with van der Waals surface area (Å²) < 4.78 is 0. The molecule has 1 aliphatic rings. The maximum absolute atomic E-state index is 11.4. The first-order valence-corrected chi connectivity index (χ1v) is 5.36. The number of aliphatic carboxylic acids is 2. The molecular formula is C11H13ClO5. The van der Waals surface area contributed by atoms with Crippen molar-refractivity contribution in [2.75, 3.05) is 0 Å². The lowest BCUT2D eigenvalue weighted by molar-refractivity contribution is -0.155. The number of rotatable bonds is 3. The molecule has 6 heteroatoms. The maximum Gasteiger partial charge on any atom is 0.331 e. The van der Waals surface area contributed by atoms with Gasteiger partial charge < -0.3 is 15.3 Å². The Balaban J connectivity index is 3.43. The third-order valence-corrected chi connectivity index (χ3v) is 3.65. The van der Waals surface area contributed by atoms with Crippen LogP contribution in [0.2, 0.25) is 0 Å². The van der Waals surface area contributed by atoms with E-state index in [9.17, 15) is 19.8 Å². The van der Waals surface area contributed by atoms with Gasteiger partial charge in [-0.1, -0.05) is 24.6 Å². The van der Waals surface area contributed by atoms with E-state index in [1.54, 1.807) is 0 Å². The monoisotopic (exact) mass is 260 g/mol. The number of carbonyl (C=O) groups is 2. The van der Waals surface area contributed by atoms with Gasteiger partial charge in [-0.05, 0) is 13.0 Å². The van der Waals surface area contributed by atoms with Crippen LogP contribution in [0.1, 0.15) is 13.8 Å². The van der Waals surface area contributed by atoms with E-state index in [1.807, 2.05) is 0 Å². The second-order valence-corrected chi connectivity index (χ2v) is 4.42. The van der Waals surface area contributed by atoms with Gasteiger partial charge in [0.25, 0.3) is 0 Å². The topological polar surface area (TPSA) is 94.8 Å². The van der Waals surface area contributed by atoms with Gasteiger partial charge >= 0.3 is 11.9 Å². The lowest BCUT2D eigenvalue weighted by atomic mass is 9.66. The lowest BCUT2D eigenvalue weighted by Crippen LogP contribution is -2.49. The zero-order valence-corrected chi connectivity index (χ0v) is 10.1. The maximum atomic E-state index is 11.4. The van der Waals surface area contributed by atoms with Crippen molar-refractivity contribution < 1.29 is 24.9 Å². The largest absolute Gasteiger partial charge is 0.480 e. The van der Waals surface area contributed by atoms with E-state index in [-0.39, 0.29) is 10.6 Å². The number of carboxylic acid groups (broad SMARTS) is 2. The van der Waals surface area contributed by atoms with Crippen LogP contribution in [-0.2, 0) is 9.59 Å². The highest BCUT2D eigenvalue weighted by molar-refractivity contribution is 6.32. The van der Waals surface area contributed by atoms with Gasteiger partial charge in [-0.15, -0.1) is 0 Å². The number of halogens is 1. The van der Waals surface area contributed by atoms with Crippen LogP contribution in [0, 0.1) is 11.3 Å². The molecular weight excluding hydrogens is 248 g/mol. The minimum Gasteiger partial charge on any atom is -0.480 e. The predicted octanol–water partition coefficient (Wildman–Crippen LogP) is 1.22. The molecule has 0 saturated carbocycles. The molecule has 5 nitrogen and oxygen atoms in total. The number of aliphatic hydroxyl groups excluding tert-OH is 1. The minimum atomic E-state index is -1.80. The van der Waals surface area contributed by atoms with E-state index in [0.717, 1.165) is 0 Å². The van der Waals surface area contributed by atoms with Gasteiger partial charge in [-0.25, -0.2) is 4.79 Å². The van der Waals surface area contributed by atoms with Crippen molar-refractivity contribution >= 4 is 23.5 Å². The summed E-state index contributed by atoms with van der Waals surface area (Å²) in [4.78, 5) is 22.4. The summed E-state index contributed by atoms with van der Waals surface area (Å²) in [5.74, 6) is -3.48. The lowest BCUT2D eigenvalue weighted by Gasteiger charge is -2.39. The number of hydrogen-bond acceptors (Lipinski definition) is 3. The SMILES string of the molecule is CC(O)C1(C(=O)O)C(Cl)=CC=C(C(=O)O)C1C. The van der Waals surface area contributed by atoms with Gasteiger partial charge in [0.15, 0.2) is 0 Å². The first-order chi connectivity index (χ1) is 7.76. The van der Waals surface area contributed by atoms with E-state index in [2.05, 4.69) is 0 Å². The van der Waals surface area contributed by atoms with E-state index < -0.39 is 29.4 Å². The van der Waals surface area contributed by atoms with Gasteiger partial charge in [0.2, 0.25) is 0 Å². The summed E-state index contributed by atoms with van der Waals surface area (Å²) in [5.41, 5.74) is -1.89. The number of hydrogen-bond donors (Lipinski definition) is 3. The van der Waals surface area contributed by atoms with Crippen molar-refractivity contribution in [3.05, 3.63) is 22.8 Å². The molecule has 3 atom stereocenters. The number of carboxylic acids is 2. The Morgan fingerprint density at radius 1 is 1.41 bits per heavy atom. The fourth-order valence-electron chi connectivity index (χ4n) is 2.18. The van der Waals surface area contributed by atoms with Crippen molar-refractivity contribution in [2.45, 2.75) is 20.0 Å². The standard InChI is InChI=1S/C11H13ClO5/c1-5-7(9(14)15)3-4-8(12)11(5,6(2)13)10(16)17/h3-6,13H,1-2H3,(H,14,15)(H,16,17). The highest BCUT2D eigenvalue weighted by Gasteiger charge is 2.54. The summed E-state index contributed by atoms with van der Waals surface area (Å²) in [7, 11) is 0. The normalized spacial score (nSPS) is 30.2. The Hall–Kier alpha value is -1.33. The van der Waals surface area contributed by atoms with Gasteiger partial charge in [-0.2, -0.15) is 0 Å². The molecule has 0 heterocycles. The van der Waals surface area contributed by atoms with E-state index in [0.29, 0.717) is 0 Å². The predicted molar refractivity (Wildman–Crippen MR) is 60.6 cm³/mol. The van der Waals surface area contributed by atoms with E-state index in [1.165, 1.54) is 26.0 Å². The third kappa shape index (κ3) is 1.85. The van der Waals surface area contributed by atoms with Crippen molar-refractivity contribution in [3.63, 3.8) is 0 Å². The Kier molecular flexibility index (Phi) is 3.64. The fraction of sp³-hybridized carbons (Fsp3) is 0.455. The van der Waals surface area contributed by atoms with Crippen molar-refractivity contribution in [3.8, 4) is 0 Å². The molecule has 0 saturated heterocycles. The van der Waals surface area contributed by atoms with Gasteiger partial charge in [0.1, 0.15) is 5.41 Å². The molecule has 1 rings (SSSR count). The van der Waals surface area contributed by atoms with Crippen molar-refractivity contribution in [2.24, 2.45) is 11.3 Å². The van der Waals surface area contributed by atoms with E-state index in [4.69, 9.17) is 16.7 Å². The van der Waals surface area contributed by atoms with Gasteiger partial charge in [0, 0.05) is 16.5 Å². The highest BCUT2D eigenvalue weighted by atomic mass is 35.5. The zero-order chi connectivity index (χ0) is 13.4. The van der Waals surface area contributed by atoms with Crippen LogP contribution < -0.4 is 0 Å². The molecule has 0 aromatic carbocycles. The third-order valence-electron chi connectivity index (χ3n) is 3.21. The van der Waals surface area contributed by atoms with Crippen LogP contribution in [0.15, 0.2) is 22.8 Å². The average Bonchev–Trinajstić information content (AvgIpc) is 2.16. The molecule has 0 amide bonds. The van der Waals surface area contributed by atoms with Crippen molar-refractivity contribution in [1.29, 1.82) is 0 Å². The summed E-state index contributed by atoms with van der Waals surface area (Å²) in [6.45, 7) is 2.71. The zero-order valence-electron chi connectivity index (χ0n) is 9.35. The summed E-state index contributed by atoms with van der Waals surface area (Å²) >= 11 is 5.88. The molecule has 17 heavy (non-hydrogen) atoms. The van der Waals surface area contributed by atoms with Crippen LogP contribution in [-0.4, -0.2) is 33.4 Å². The van der Waals surface area contributed by atoms with E-state index >= 15 is 0 Å². The molecule has 0 aliphatic heterocycles. The Morgan fingerprint density at radius 2 is 1.94 bits per heavy atom. The molecule has 94 valence electrons. The average molecular weight is 261 g/mol. The van der Waals surface area contributed by atoms with Crippen molar-refractivity contribution in [1.82, 2.24) is 0 Å². The smallest absolute Gasteiger partial charge is 0.331 e. The van der Waals surface area contributed by atoms with Crippen LogP contribution in [0.5, 0.6) is 0 Å². The molecule has 0 aromatic rings. The van der Waals surface area contributed by atoms with Crippen LogP contribution >= 0.6 is 11.6 Å². The fourth-order valence-corrected chi connectivity index (χ4v) is 2.65. The van der Waals surface area contributed by atoms with Crippen LogP contribution in [0.3, 0.4) is 0 Å². The first kappa shape index (κ1) is 13.7. The highest BCUT2D eigenvalue weighted by Crippen LogP contribution is 2.47. The van der Waals surface area contributed by atoms with Crippen LogP contribution in [0.25, 0.3) is 0 Å². The Morgan fingerprint density at radius 3 is 2.29 bits per heavy atom. The molecule has 0 fully saturated rings.